The molecular formula is C16H13ClF2N2O2S. The number of benzene rings is 2. The van der Waals surface area contributed by atoms with Crippen LogP contribution in [0.5, 0.6) is 0 Å². The van der Waals surface area contributed by atoms with Gasteiger partial charge in [-0.3, -0.25) is 20.4 Å². The Hall–Kier alpha value is -2.12. The van der Waals surface area contributed by atoms with E-state index in [0.29, 0.717) is 12.1 Å². The number of nitrogens with one attached hydrogen (secondary N) is 2. The molecule has 126 valence electrons. The zero-order valence-electron chi connectivity index (χ0n) is 12.5. The minimum atomic E-state index is -1.20. The lowest BCUT2D eigenvalue weighted by Crippen LogP contribution is -2.42. The molecule has 8 heteroatoms. The Morgan fingerprint density at radius 1 is 1.08 bits per heavy atom. The minimum Gasteiger partial charge on any atom is -0.272 e. The Labute approximate surface area is 146 Å². The average Bonchev–Trinajstić information content (AvgIpc) is 2.55. The summed E-state index contributed by atoms with van der Waals surface area (Å²) in [5.74, 6) is -3.57. The maximum absolute atomic E-state index is 13.2. The van der Waals surface area contributed by atoms with E-state index in [9.17, 15) is 18.4 Å². The molecule has 0 saturated heterocycles. The number of halogens is 3. The van der Waals surface area contributed by atoms with Crippen molar-refractivity contribution in [2.24, 2.45) is 0 Å². The second-order valence-corrected chi connectivity index (χ2v) is 6.31. The van der Waals surface area contributed by atoms with Crippen LogP contribution in [0.1, 0.15) is 15.9 Å². The molecule has 2 N–H and O–H groups in total. The molecule has 2 aromatic carbocycles. The van der Waals surface area contributed by atoms with E-state index in [4.69, 9.17) is 11.6 Å². The summed E-state index contributed by atoms with van der Waals surface area (Å²) >= 11 is 6.97. The third kappa shape index (κ3) is 4.94. The maximum Gasteiger partial charge on any atom is 0.271 e. The first-order chi connectivity index (χ1) is 11.4. The predicted molar refractivity (Wildman–Crippen MR) is 88.9 cm³/mol. The first-order valence-electron chi connectivity index (χ1n) is 6.80. The van der Waals surface area contributed by atoms with Crippen LogP contribution in [-0.2, 0) is 4.79 Å². The molecule has 2 rings (SSSR count). The Bertz CT molecular complexity index is 769. The summed E-state index contributed by atoms with van der Waals surface area (Å²) in [6.07, 6.45) is 0. The number of hydrazine groups is 1. The molecule has 0 aliphatic carbocycles. The first-order valence-corrected chi connectivity index (χ1v) is 8.16. The summed E-state index contributed by atoms with van der Waals surface area (Å²) in [5.41, 5.74) is 5.13. The van der Waals surface area contributed by atoms with Gasteiger partial charge in [-0.05, 0) is 31.2 Å². The zero-order valence-corrected chi connectivity index (χ0v) is 14.1. The first kappa shape index (κ1) is 18.2. The average molecular weight is 371 g/mol. The van der Waals surface area contributed by atoms with Crippen LogP contribution in [0.2, 0.25) is 5.02 Å². The number of amides is 2. The van der Waals surface area contributed by atoms with Crippen LogP contribution in [0.4, 0.5) is 8.78 Å². The fourth-order valence-electron chi connectivity index (χ4n) is 1.71. The van der Waals surface area contributed by atoms with E-state index in [2.05, 4.69) is 10.9 Å². The number of thioether (sulfide) groups is 1. The number of rotatable bonds is 4. The van der Waals surface area contributed by atoms with Gasteiger partial charge in [-0.25, -0.2) is 8.78 Å². The van der Waals surface area contributed by atoms with Crippen LogP contribution >= 0.6 is 23.4 Å². The lowest BCUT2D eigenvalue weighted by Gasteiger charge is -2.09. The summed E-state index contributed by atoms with van der Waals surface area (Å²) in [5, 5.41) is -0.255. The number of aryl methyl sites for hydroxylation is 1. The van der Waals surface area contributed by atoms with E-state index in [1.165, 1.54) is 11.8 Å². The molecule has 0 unspecified atom stereocenters. The third-order valence-corrected chi connectivity index (χ3v) is 4.29. The number of hydrogen-bond acceptors (Lipinski definition) is 3. The Kier molecular flexibility index (Phi) is 6.16. The van der Waals surface area contributed by atoms with E-state index in [0.717, 1.165) is 10.5 Å². The van der Waals surface area contributed by atoms with E-state index in [1.807, 2.05) is 31.2 Å². The van der Waals surface area contributed by atoms with E-state index in [-0.39, 0.29) is 16.3 Å². The topological polar surface area (TPSA) is 58.2 Å². The summed E-state index contributed by atoms with van der Waals surface area (Å²) in [6, 6.07) is 8.97. The molecule has 0 bridgehead atoms. The van der Waals surface area contributed by atoms with Crippen LogP contribution in [0.15, 0.2) is 41.3 Å². The second-order valence-electron chi connectivity index (χ2n) is 4.85. The number of carbonyl (C=O) groups is 2. The smallest absolute Gasteiger partial charge is 0.271 e. The SMILES string of the molecule is Cc1ccc(SCC(=O)NNC(=O)c2cc(F)c(F)cc2Cl)cc1. The van der Waals surface area contributed by atoms with Crippen molar-refractivity contribution >= 4 is 35.2 Å². The lowest BCUT2D eigenvalue weighted by molar-refractivity contribution is -0.119. The van der Waals surface area contributed by atoms with Crippen LogP contribution in [0.25, 0.3) is 0 Å². The summed E-state index contributed by atoms with van der Waals surface area (Å²) < 4.78 is 26.1. The molecule has 0 heterocycles. The van der Waals surface area contributed by atoms with Gasteiger partial charge in [0.1, 0.15) is 0 Å². The molecule has 0 aliphatic heterocycles. The van der Waals surface area contributed by atoms with Crippen molar-refractivity contribution in [2.45, 2.75) is 11.8 Å². The van der Waals surface area contributed by atoms with E-state index >= 15 is 0 Å². The highest BCUT2D eigenvalue weighted by Crippen LogP contribution is 2.20. The molecule has 24 heavy (non-hydrogen) atoms. The number of hydrogen-bond donors (Lipinski definition) is 2. The molecule has 0 aliphatic rings. The van der Waals surface area contributed by atoms with E-state index in [1.54, 1.807) is 0 Å². The van der Waals surface area contributed by atoms with Crippen molar-refractivity contribution in [2.75, 3.05) is 5.75 Å². The van der Waals surface area contributed by atoms with Gasteiger partial charge < -0.3 is 0 Å². The van der Waals surface area contributed by atoms with Crippen LogP contribution < -0.4 is 10.9 Å². The molecule has 0 radical (unpaired) electrons. The van der Waals surface area contributed by atoms with Crippen molar-refractivity contribution < 1.29 is 18.4 Å². The lowest BCUT2D eigenvalue weighted by atomic mass is 10.2. The molecule has 0 spiro atoms. The van der Waals surface area contributed by atoms with Crippen molar-refractivity contribution in [3.8, 4) is 0 Å². The standard InChI is InChI=1S/C16H13ClF2N2O2S/c1-9-2-4-10(5-3-9)24-8-15(22)20-21-16(23)11-6-13(18)14(19)7-12(11)17/h2-7H,8H2,1H3,(H,20,22)(H,21,23). The zero-order chi connectivity index (χ0) is 17.7. The van der Waals surface area contributed by atoms with Gasteiger partial charge in [0.2, 0.25) is 5.91 Å². The van der Waals surface area contributed by atoms with Gasteiger partial charge >= 0.3 is 0 Å². The molecule has 2 aromatic rings. The molecule has 0 atom stereocenters. The molecule has 0 fully saturated rings. The highest BCUT2D eigenvalue weighted by atomic mass is 35.5. The Morgan fingerprint density at radius 2 is 1.71 bits per heavy atom. The third-order valence-electron chi connectivity index (χ3n) is 2.96. The van der Waals surface area contributed by atoms with Gasteiger partial charge in [-0.15, -0.1) is 11.8 Å². The maximum atomic E-state index is 13.2. The fraction of sp³-hybridized carbons (Fsp3) is 0.125. The molecule has 4 nitrogen and oxygen atoms in total. The Morgan fingerprint density at radius 3 is 2.38 bits per heavy atom. The van der Waals surface area contributed by atoms with Crippen molar-refractivity contribution in [3.63, 3.8) is 0 Å². The largest absolute Gasteiger partial charge is 0.272 e. The van der Waals surface area contributed by atoms with Crippen molar-refractivity contribution in [1.82, 2.24) is 10.9 Å². The van der Waals surface area contributed by atoms with Crippen molar-refractivity contribution in [1.29, 1.82) is 0 Å². The van der Waals surface area contributed by atoms with Gasteiger partial charge in [-0.1, -0.05) is 29.3 Å². The summed E-state index contributed by atoms with van der Waals surface area (Å²) in [4.78, 5) is 24.5. The molecule has 2 amide bonds. The normalized spacial score (nSPS) is 10.3. The van der Waals surface area contributed by atoms with Crippen LogP contribution in [0.3, 0.4) is 0 Å². The molecule has 0 saturated carbocycles. The van der Waals surface area contributed by atoms with E-state index < -0.39 is 23.4 Å². The van der Waals surface area contributed by atoms with Gasteiger partial charge in [0.15, 0.2) is 11.6 Å². The van der Waals surface area contributed by atoms with Gasteiger partial charge in [0.05, 0.1) is 16.3 Å². The van der Waals surface area contributed by atoms with Gasteiger partial charge in [0, 0.05) is 4.90 Å². The fourth-order valence-corrected chi connectivity index (χ4v) is 2.64. The second kappa shape index (κ2) is 8.12. The predicted octanol–water partition coefficient (Wildman–Crippen LogP) is 3.48. The van der Waals surface area contributed by atoms with Crippen LogP contribution in [0, 0.1) is 18.6 Å². The van der Waals surface area contributed by atoms with Gasteiger partial charge in [-0.2, -0.15) is 0 Å². The summed E-state index contributed by atoms with van der Waals surface area (Å²) in [6.45, 7) is 1.96. The highest BCUT2D eigenvalue weighted by Gasteiger charge is 2.15. The van der Waals surface area contributed by atoms with Crippen molar-refractivity contribution in [3.05, 3.63) is 64.2 Å². The Balaban J connectivity index is 1.86. The van der Waals surface area contributed by atoms with Gasteiger partial charge in [0.25, 0.3) is 5.91 Å². The van der Waals surface area contributed by atoms with Crippen LogP contribution in [-0.4, -0.2) is 17.6 Å². The molecular weight excluding hydrogens is 358 g/mol. The summed E-state index contributed by atoms with van der Waals surface area (Å²) in [7, 11) is 0. The minimum absolute atomic E-state index is 0.0782. The number of carbonyl (C=O) groups excluding carboxylic acids is 2. The highest BCUT2D eigenvalue weighted by molar-refractivity contribution is 8.00. The quantitative estimate of drug-likeness (QED) is 0.492. The molecule has 0 aromatic heterocycles. The monoisotopic (exact) mass is 370 g/mol.